The predicted molar refractivity (Wildman–Crippen MR) is 67.8 cm³/mol. The van der Waals surface area contributed by atoms with Crippen LogP contribution in [0.2, 0.25) is 0 Å². The smallest absolute Gasteiger partial charge is 0.307 e. The molecule has 4 atom stereocenters. The van der Waals surface area contributed by atoms with Crippen LogP contribution in [0, 0.1) is 23.7 Å². The Bertz CT molecular complexity index is 421. The number of hydrogen-bond donors (Lipinski definition) is 2. The van der Waals surface area contributed by atoms with E-state index in [9.17, 15) is 14.7 Å². The minimum Gasteiger partial charge on any atom is -0.481 e. The fourth-order valence-corrected chi connectivity index (χ4v) is 2.99. The highest BCUT2D eigenvalue weighted by molar-refractivity contribution is 5.86. The summed E-state index contributed by atoms with van der Waals surface area (Å²) in [6.07, 6.45) is 6.67. The quantitative estimate of drug-likeness (QED) is 0.744. The highest BCUT2D eigenvalue weighted by atomic mass is 16.4. The van der Waals surface area contributed by atoms with E-state index in [4.69, 9.17) is 0 Å². The lowest BCUT2D eigenvalue weighted by Gasteiger charge is -2.23. The molecule has 1 fully saturated rings. The second kappa shape index (κ2) is 4.96. The van der Waals surface area contributed by atoms with E-state index in [1.54, 1.807) is 0 Å². The van der Waals surface area contributed by atoms with E-state index in [1.165, 1.54) is 0 Å². The molecule has 0 aliphatic heterocycles. The summed E-state index contributed by atoms with van der Waals surface area (Å²) in [5, 5.41) is 12.1. The largest absolute Gasteiger partial charge is 0.481 e. The van der Waals surface area contributed by atoms with Crippen molar-refractivity contribution in [1.82, 2.24) is 5.32 Å². The fraction of sp³-hybridized carbons (Fsp3) is 0.571. The lowest BCUT2D eigenvalue weighted by atomic mass is 9.82. The number of aliphatic carboxylic acids is 1. The van der Waals surface area contributed by atoms with Gasteiger partial charge in [0.1, 0.15) is 0 Å². The lowest BCUT2D eigenvalue weighted by Crippen LogP contribution is -2.40. The van der Waals surface area contributed by atoms with Crippen LogP contribution in [-0.4, -0.2) is 23.5 Å². The van der Waals surface area contributed by atoms with Crippen molar-refractivity contribution in [3.63, 3.8) is 0 Å². The predicted octanol–water partition coefficient (Wildman–Crippen LogP) is 1.59. The standard InChI is InChI=1S/C14H19NO3/c1-8(2)5-6-15-13(16)11-9-3-4-10(7-9)12(11)14(17)18/h3-5,9-12H,6-7H2,1-2H3,(H,15,16)(H,17,18)/t9?,10?,11-,12+/m0/s1. The van der Waals surface area contributed by atoms with E-state index >= 15 is 0 Å². The van der Waals surface area contributed by atoms with E-state index in [1.807, 2.05) is 32.1 Å². The van der Waals surface area contributed by atoms with Crippen LogP contribution in [-0.2, 0) is 9.59 Å². The maximum absolute atomic E-state index is 12.1. The van der Waals surface area contributed by atoms with Gasteiger partial charge in [0.05, 0.1) is 11.8 Å². The Kier molecular flexibility index (Phi) is 3.55. The molecule has 18 heavy (non-hydrogen) atoms. The van der Waals surface area contributed by atoms with Crippen LogP contribution in [0.1, 0.15) is 20.3 Å². The second-order valence-corrected chi connectivity index (χ2v) is 5.36. The van der Waals surface area contributed by atoms with Crippen LogP contribution in [0.15, 0.2) is 23.8 Å². The van der Waals surface area contributed by atoms with Crippen LogP contribution in [0.25, 0.3) is 0 Å². The van der Waals surface area contributed by atoms with Gasteiger partial charge in [-0.3, -0.25) is 9.59 Å². The topological polar surface area (TPSA) is 66.4 Å². The molecule has 2 aliphatic rings. The molecule has 2 rings (SSSR count). The number of fused-ring (bicyclic) bond motifs is 2. The Hall–Kier alpha value is -1.58. The van der Waals surface area contributed by atoms with Gasteiger partial charge in [-0.2, -0.15) is 0 Å². The Morgan fingerprint density at radius 1 is 1.28 bits per heavy atom. The zero-order chi connectivity index (χ0) is 13.3. The molecule has 2 aliphatic carbocycles. The van der Waals surface area contributed by atoms with Crippen LogP contribution >= 0.6 is 0 Å². The molecule has 0 saturated heterocycles. The molecule has 0 radical (unpaired) electrons. The highest BCUT2D eigenvalue weighted by Crippen LogP contribution is 2.48. The van der Waals surface area contributed by atoms with Crippen molar-refractivity contribution in [3.8, 4) is 0 Å². The number of nitrogens with one attached hydrogen (secondary N) is 1. The van der Waals surface area contributed by atoms with Crippen molar-refractivity contribution >= 4 is 11.9 Å². The Labute approximate surface area is 107 Å². The summed E-state index contributed by atoms with van der Waals surface area (Å²) in [5.74, 6) is -1.80. The van der Waals surface area contributed by atoms with E-state index in [-0.39, 0.29) is 17.7 Å². The zero-order valence-corrected chi connectivity index (χ0v) is 10.7. The second-order valence-electron chi connectivity index (χ2n) is 5.36. The average Bonchev–Trinajstić information content (AvgIpc) is 2.87. The average molecular weight is 249 g/mol. The van der Waals surface area contributed by atoms with Gasteiger partial charge in [-0.1, -0.05) is 23.8 Å². The summed E-state index contributed by atoms with van der Waals surface area (Å²) in [6, 6.07) is 0. The van der Waals surface area contributed by atoms with Gasteiger partial charge in [0, 0.05) is 6.54 Å². The van der Waals surface area contributed by atoms with Crippen molar-refractivity contribution in [2.75, 3.05) is 6.54 Å². The molecular formula is C14H19NO3. The van der Waals surface area contributed by atoms with Crippen molar-refractivity contribution in [3.05, 3.63) is 23.8 Å². The SMILES string of the molecule is CC(C)=CCNC(=O)[C@H]1C2C=CC(C2)[C@H]1C(=O)O. The Morgan fingerprint density at radius 3 is 2.44 bits per heavy atom. The molecule has 1 saturated carbocycles. The van der Waals surface area contributed by atoms with Gasteiger partial charge in [0.15, 0.2) is 0 Å². The summed E-state index contributed by atoms with van der Waals surface area (Å²) in [7, 11) is 0. The van der Waals surface area contributed by atoms with Crippen LogP contribution in [0.3, 0.4) is 0 Å². The first-order valence-electron chi connectivity index (χ1n) is 6.33. The summed E-state index contributed by atoms with van der Waals surface area (Å²) < 4.78 is 0. The van der Waals surface area contributed by atoms with E-state index in [0.717, 1.165) is 12.0 Å². The van der Waals surface area contributed by atoms with Gasteiger partial charge >= 0.3 is 5.97 Å². The first kappa shape index (κ1) is 12.9. The highest BCUT2D eigenvalue weighted by Gasteiger charge is 2.51. The number of carboxylic acid groups (broad SMARTS) is 1. The summed E-state index contributed by atoms with van der Waals surface area (Å²) in [6.45, 7) is 4.41. The molecule has 0 spiro atoms. The Balaban J connectivity index is 2.03. The van der Waals surface area contributed by atoms with Crippen molar-refractivity contribution < 1.29 is 14.7 Å². The molecule has 2 bridgehead atoms. The summed E-state index contributed by atoms with van der Waals surface area (Å²) in [4.78, 5) is 23.4. The molecular weight excluding hydrogens is 230 g/mol. The summed E-state index contributed by atoms with van der Waals surface area (Å²) in [5.41, 5.74) is 1.14. The first-order valence-corrected chi connectivity index (χ1v) is 6.33. The number of rotatable bonds is 4. The molecule has 0 aromatic rings. The molecule has 2 unspecified atom stereocenters. The minimum atomic E-state index is -0.853. The minimum absolute atomic E-state index is 0.0340. The first-order chi connectivity index (χ1) is 8.50. The van der Waals surface area contributed by atoms with Gasteiger partial charge < -0.3 is 10.4 Å². The normalized spacial score (nSPS) is 32.3. The zero-order valence-electron chi connectivity index (χ0n) is 10.7. The maximum Gasteiger partial charge on any atom is 0.307 e. The van der Waals surface area contributed by atoms with Crippen LogP contribution in [0.5, 0.6) is 0 Å². The fourth-order valence-electron chi connectivity index (χ4n) is 2.99. The molecule has 4 heteroatoms. The molecule has 0 aromatic heterocycles. The van der Waals surface area contributed by atoms with Gasteiger partial charge in [0.2, 0.25) is 5.91 Å². The third kappa shape index (κ3) is 2.33. The Morgan fingerprint density at radius 2 is 1.89 bits per heavy atom. The number of carbonyl (C=O) groups is 2. The van der Waals surface area contributed by atoms with Crippen molar-refractivity contribution in [2.24, 2.45) is 23.7 Å². The molecule has 1 amide bonds. The van der Waals surface area contributed by atoms with E-state index < -0.39 is 17.8 Å². The number of carboxylic acids is 1. The number of amides is 1. The summed E-state index contributed by atoms with van der Waals surface area (Å²) >= 11 is 0. The van der Waals surface area contributed by atoms with Crippen LogP contribution < -0.4 is 5.32 Å². The van der Waals surface area contributed by atoms with Crippen molar-refractivity contribution in [1.29, 1.82) is 0 Å². The molecule has 0 aromatic carbocycles. The molecule has 98 valence electrons. The van der Waals surface area contributed by atoms with E-state index in [2.05, 4.69) is 5.32 Å². The molecule has 0 heterocycles. The van der Waals surface area contributed by atoms with Gasteiger partial charge in [-0.25, -0.2) is 0 Å². The van der Waals surface area contributed by atoms with E-state index in [0.29, 0.717) is 6.54 Å². The third-order valence-electron chi connectivity index (χ3n) is 3.83. The lowest BCUT2D eigenvalue weighted by molar-refractivity contribution is -0.147. The molecule has 4 nitrogen and oxygen atoms in total. The number of allylic oxidation sites excluding steroid dienone is 3. The monoisotopic (exact) mass is 249 g/mol. The van der Waals surface area contributed by atoms with Gasteiger partial charge in [0.25, 0.3) is 0 Å². The van der Waals surface area contributed by atoms with Crippen LogP contribution in [0.4, 0.5) is 0 Å². The molecule has 2 N–H and O–H groups in total. The number of hydrogen-bond acceptors (Lipinski definition) is 2. The third-order valence-corrected chi connectivity index (χ3v) is 3.83. The van der Waals surface area contributed by atoms with Gasteiger partial charge in [-0.05, 0) is 32.1 Å². The van der Waals surface area contributed by atoms with Gasteiger partial charge in [-0.15, -0.1) is 0 Å². The number of carbonyl (C=O) groups excluding carboxylic acids is 1. The maximum atomic E-state index is 12.1. The van der Waals surface area contributed by atoms with Crippen molar-refractivity contribution in [2.45, 2.75) is 20.3 Å².